The van der Waals surface area contributed by atoms with E-state index in [-0.39, 0.29) is 12.4 Å². The number of hydrogen-bond acceptors (Lipinski definition) is 1. The van der Waals surface area contributed by atoms with Crippen LogP contribution in [-0.2, 0) is 6.42 Å². The van der Waals surface area contributed by atoms with Crippen LogP contribution in [0.2, 0.25) is 6.82 Å². The molecule has 2 aromatic carbocycles. The average molecular weight is 354 g/mol. The van der Waals surface area contributed by atoms with Crippen molar-refractivity contribution in [3.05, 3.63) is 59.9 Å². The normalized spacial score (nSPS) is 22.6. The van der Waals surface area contributed by atoms with Gasteiger partial charge in [0, 0.05) is 18.2 Å². The number of rotatable bonds is 4. The maximum absolute atomic E-state index is 14.9. The molecule has 0 aromatic heterocycles. The molecule has 1 N–H and O–H groups in total. The second kappa shape index (κ2) is 8.34. The molecule has 2 fully saturated rings. The Morgan fingerprint density at radius 2 is 1.81 bits per heavy atom. The fraction of sp³-hybridized carbons (Fsp3) is 0.455. The predicted octanol–water partition coefficient (Wildman–Crippen LogP) is 5.09. The minimum absolute atomic E-state index is 0.0561. The van der Waals surface area contributed by atoms with E-state index in [0.29, 0.717) is 22.9 Å². The van der Waals surface area contributed by atoms with E-state index in [1.807, 2.05) is 48.5 Å². The molecule has 26 heavy (non-hydrogen) atoms. The number of halogens is 2. The van der Waals surface area contributed by atoms with Crippen LogP contribution in [0.5, 0.6) is 0 Å². The lowest BCUT2D eigenvalue weighted by molar-refractivity contribution is 0.372. The molecule has 2 aromatic rings. The highest BCUT2D eigenvalue weighted by atomic mass is 19.1. The van der Waals surface area contributed by atoms with E-state index in [1.54, 1.807) is 6.82 Å². The van der Waals surface area contributed by atoms with Crippen molar-refractivity contribution >= 4 is 7.28 Å². The Morgan fingerprint density at radius 1 is 1.12 bits per heavy atom. The first kappa shape index (κ1) is 19.1. The van der Waals surface area contributed by atoms with Gasteiger partial charge in [-0.15, -0.1) is 0 Å². The van der Waals surface area contributed by atoms with E-state index in [2.05, 4.69) is 12.2 Å². The van der Waals surface area contributed by atoms with Crippen LogP contribution in [-0.4, -0.2) is 26.4 Å². The van der Waals surface area contributed by atoms with E-state index in [9.17, 15) is 8.78 Å². The first-order valence-corrected chi connectivity index (χ1v) is 9.51. The summed E-state index contributed by atoms with van der Waals surface area (Å²) in [7, 11) is 1.46. The molecule has 4 heteroatoms. The van der Waals surface area contributed by atoms with Crippen molar-refractivity contribution in [3.8, 4) is 11.1 Å². The number of benzene rings is 2. The highest BCUT2D eigenvalue weighted by Crippen LogP contribution is 2.55. The summed E-state index contributed by atoms with van der Waals surface area (Å²) < 4.78 is 25.6. The van der Waals surface area contributed by atoms with E-state index >= 15 is 0 Å². The molecule has 2 atom stereocenters. The Balaban J connectivity index is 0.000000447. The lowest BCUT2D eigenvalue weighted by Gasteiger charge is -2.20. The second-order valence-electron chi connectivity index (χ2n) is 7.55. The molecule has 4 rings (SSSR count). The molecular weight excluding hydrogens is 327 g/mol. The van der Waals surface area contributed by atoms with Gasteiger partial charge in [-0.2, -0.15) is 0 Å². The lowest BCUT2D eigenvalue weighted by Crippen LogP contribution is -2.28. The number of hydrogen-bond donors (Lipinski definition) is 1. The molecule has 1 radical (unpaired) electrons. The molecule has 137 valence electrons. The Hall–Kier alpha value is -1.68. The zero-order chi connectivity index (χ0) is 18.6. The third kappa shape index (κ3) is 4.01. The van der Waals surface area contributed by atoms with Gasteiger partial charge in [0.25, 0.3) is 0 Å². The van der Waals surface area contributed by atoms with Crippen LogP contribution in [0, 0.1) is 17.2 Å². The van der Waals surface area contributed by atoms with Crippen LogP contribution in [0.15, 0.2) is 48.5 Å². The smallest absolute Gasteiger partial charge is 0.148 e. The molecule has 1 saturated heterocycles. The largest absolute Gasteiger partial charge is 0.313 e. The van der Waals surface area contributed by atoms with Gasteiger partial charge in [-0.3, -0.25) is 4.39 Å². The molecule has 0 bridgehead atoms. The monoisotopic (exact) mass is 354 g/mol. The van der Waals surface area contributed by atoms with Gasteiger partial charge in [-0.1, -0.05) is 62.3 Å². The Labute approximate surface area is 156 Å². The third-order valence-electron chi connectivity index (χ3n) is 5.94. The summed E-state index contributed by atoms with van der Waals surface area (Å²) in [6, 6.07) is 16.0. The molecule has 2 aliphatic rings. The average Bonchev–Trinajstić information content (AvgIpc) is 3.41. The summed E-state index contributed by atoms with van der Waals surface area (Å²) in [5, 5.41) is 3.63. The van der Waals surface area contributed by atoms with Crippen molar-refractivity contribution < 1.29 is 8.78 Å². The van der Waals surface area contributed by atoms with E-state index in [4.69, 9.17) is 0 Å². The highest BCUT2D eigenvalue weighted by molar-refractivity contribution is 6.33. The van der Waals surface area contributed by atoms with Gasteiger partial charge in [0.2, 0.25) is 0 Å². The van der Waals surface area contributed by atoms with Gasteiger partial charge >= 0.3 is 0 Å². The van der Waals surface area contributed by atoms with Gasteiger partial charge in [0.15, 0.2) is 0 Å². The molecule has 1 aliphatic heterocycles. The zero-order valence-electron chi connectivity index (χ0n) is 15.6. The van der Waals surface area contributed by atoms with Gasteiger partial charge < -0.3 is 5.32 Å². The molecule has 1 spiro atoms. The first-order valence-electron chi connectivity index (χ1n) is 9.51. The van der Waals surface area contributed by atoms with Crippen molar-refractivity contribution in [1.29, 1.82) is 0 Å². The van der Waals surface area contributed by atoms with Crippen molar-refractivity contribution in [2.75, 3.05) is 13.1 Å². The maximum atomic E-state index is 14.9. The molecular formula is C22H27BF2N. The second-order valence-corrected chi connectivity index (χ2v) is 7.55. The minimum atomic E-state index is -0.306. The Morgan fingerprint density at radius 3 is 2.38 bits per heavy atom. The molecule has 1 heterocycles. The Bertz CT molecular complexity index is 713. The standard InChI is InChI=1S/C20H22FN.C2H5BF/c1-14-18(22-13-20(14)10-11-20)12-16-8-5-9-17(19(16)21)15-6-3-2-4-7-15;1-3-2-4/h2-9,14,18,22H,10-13H2,1H3;2H2,1H3. The van der Waals surface area contributed by atoms with Crippen molar-refractivity contribution in [1.82, 2.24) is 5.32 Å². The minimum Gasteiger partial charge on any atom is -0.313 e. The Kier molecular flexibility index (Phi) is 6.13. The quantitative estimate of drug-likeness (QED) is 0.755. The molecule has 1 aliphatic carbocycles. The van der Waals surface area contributed by atoms with Crippen LogP contribution in [0.3, 0.4) is 0 Å². The summed E-state index contributed by atoms with van der Waals surface area (Å²) in [5.74, 6) is 0.590. The van der Waals surface area contributed by atoms with Crippen molar-refractivity contribution in [3.63, 3.8) is 0 Å². The van der Waals surface area contributed by atoms with Crippen LogP contribution >= 0.6 is 0 Å². The summed E-state index contributed by atoms with van der Waals surface area (Å²) >= 11 is 0. The molecule has 1 saturated carbocycles. The summed E-state index contributed by atoms with van der Waals surface area (Å²) in [5.41, 5.74) is 3.03. The third-order valence-corrected chi connectivity index (χ3v) is 5.94. The van der Waals surface area contributed by atoms with Crippen molar-refractivity contribution in [2.45, 2.75) is 39.1 Å². The van der Waals surface area contributed by atoms with Gasteiger partial charge in [-0.05, 0) is 41.7 Å². The summed E-state index contributed by atoms with van der Waals surface area (Å²) in [6.45, 7) is 4.81. The zero-order valence-corrected chi connectivity index (χ0v) is 15.6. The molecule has 2 unspecified atom stereocenters. The molecule has 0 amide bonds. The van der Waals surface area contributed by atoms with Gasteiger partial charge in [0.1, 0.15) is 13.1 Å². The number of alkyl halides is 1. The lowest BCUT2D eigenvalue weighted by atomic mass is 9.86. The number of nitrogens with one attached hydrogen (secondary N) is 1. The topological polar surface area (TPSA) is 12.0 Å². The van der Waals surface area contributed by atoms with Crippen LogP contribution in [0.4, 0.5) is 8.78 Å². The van der Waals surface area contributed by atoms with Crippen LogP contribution in [0.25, 0.3) is 11.1 Å². The highest BCUT2D eigenvalue weighted by Gasteiger charge is 2.53. The predicted molar refractivity (Wildman–Crippen MR) is 106 cm³/mol. The van der Waals surface area contributed by atoms with Crippen LogP contribution < -0.4 is 5.32 Å². The summed E-state index contributed by atoms with van der Waals surface area (Å²) in [6.07, 6.45) is 3.46. The van der Waals surface area contributed by atoms with Gasteiger partial charge in [0.05, 0.1) is 6.57 Å². The summed E-state index contributed by atoms with van der Waals surface area (Å²) in [4.78, 5) is 0. The van der Waals surface area contributed by atoms with Crippen molar-refractivity contribution in [2.24, 2.45) is 11.3 Å². The SMILES string of the molecule is CC1C(Cc2cccc(-c3ccccc3)c2F)NCC12CC2.C[B]CF. The van der Waals surface area contributed by atoms with E-state index in [0.717, 1.165) is 24.1 Å². The molecule has 1 nitrogen and oxygen atoms in total. The maximum Gasteiger partial charge on any atom is 0.148 e. The fourth-order valence-corrected chi connectivity index (χ4v) is 3.96. The van der Waals surface area contributed by atoms with E-state index in [1.165, 1.54) is 20.1 Å². The fourth-order valence-electron chi connectivity index (χ4n) is 3.96. The van der Waals surface area contributed by atoms with E-state index < -0.39 is 0 Å². The van der Waals surface area contributed by atoms with Gasteiger partial charge in [-0.25, -0.2) is 4.39 Å². The van der Waals surface area contributed by atoms with Crippen LogP contribution in [0.1, 0.15) is 25.3 Å². The first-order chi connectivity index (χ1) is 12.6.